The number of ether oxygens (including phenoxy) is 3. The molecule has 0 bridgehead atoms. The van der Waals surface area contributed by atoms with Gasteiger partial charge in [0.1, 0.15) is 5.75 Å². The Hall–Kier alpha value is -3.54. The number of fused-ring (bicyclic) bond motifs is 1. The van der Waals surface area contributed by atoms with Crippen LogP contribution in [0.3, 0.4) is 0 Å². The van der Waals surface area contributed by atoms with Gasteiger partial charge in [0.25, 0.3) is 5.91 Å². The van der Waals surface area contributed by atoms with Gasteiger partial charge in [-0.3, -0.25) is 4.79 Å². The lowest BCUT2D eigenvalue weighted by Crippen LogP contribution is -2.18. The first kappa shape index (κ1) is 18.3. The third-order valence-corrected chi connectivity index (χ3v) is 4.10. The second-order valence-corrected chi connectivity index (χ2v) is 5.71. The molecule has 1 amide bonds. The first-order valence-corrected chi connectivity index (χ1v) is 8.28. The Morgan fingerprint density at radius 2 is 1.52 bits per heavy atom. The van der Waals surface area contributed by atoms with Gasteiger partial charge in [0.05, 0.1) is 33.1 Å². The fraction of sp³-hybridized carbons (Fsp3) is 0.143. The van der Waals surface area contributed by atoms with Crippen LogP contribution in [0.2, 0.25) is 0 Å². The second-order valence-electron chi connectivity index (χ2n) is 5.71. The summed E-state index contributed by atoms with van der Waals surface area (Å²) >= 11 is 0. The number of hydrogen-bond acceptors (Lipinski definition) is 5. The Kier molecular flexibility index (Phi) is 5.56. The Labute approximate surface area is 157 Å². The summed E-state index contributed by atoms with van der Waals surface area (Å²) in [4.78, 5) is 12.5. The van der Waals surface area contributed by atoms with E-state index in [-0.39, 0.29) is 5.91 Å². The molecule has 138 valence electrons. The zero-order valence-electron chi connectivity index (χ0n) is 15.4. The lowest BCUT2D eigenvalue weighted by atomic mass is 10.1. The minimum absolute atomic E-state index is 0.352. The number of benzene rings is 3. The third kappa shape index (κ3) is 4.00. The van der Waals surface area contributed by atoms with Gasteiger partial charge >= 0.3 is 0 Å². The zero-order valence-corrected chi connectivity index (χ0v) is 15.4. The van der Waals surface area contributed by atoms with E-state index in [1.54, 1.807) is 32.4 Å². The Balaban J connectivity index is 1.79. The van der Waals surface area contributed by atoms with E-state index >= 15 is 0 Å². The summed E-state index contributed by atoms with van der Waals surface area (Å²) in [5.74, 6) is 1.35. The number of amides is 1. The molecule has 0 radical (unpaired) electrons. The van der Waals surface area contributed by atoms with Crippen molar-refractivity contribution in [3.05, 3.63) is 65.7 Å². The fourth-order valence-corrected chi connectivity index (χ4v) is 2.72. The van der Waals surface area contributed by atoms with Crippen molar-refractivity contribution in [2.45, 2.75) is 0 Å². The van der Waals surface area contributed by atoms with Crippen LogP contribution in [0.1, 0.15) is 15.9 Å². The first-order valence-electron chi connectivity index (χ1n) is 8.28. The number of carbonyl (C=O) groups excluding carboxylic acids is 1. The highest BCUT2D eigenvalue weighted by Gasteiger charge is 2.13. The molecule has 27 heavy (non-hydrogen) atoms. The van der Waals surface area contributed by atoms with E-state index in [1.807, 2.05) is 36.4 Å². The number of methoxy groups -OCH3 is 3. The topological polar surface area (TPSA) is 69.2 Å². The fourth-order valence-electron chi connectivity index (χ4n) is 2.72. The highest BCUT2D eigenvalue weighted by atomic mass is 16.5. The van der Waals surface area contributed by atoms with E-state index in [1.165, 1.54) is 13.3 Å². The molecule has 0 aliphatic rings. The molecule has 1 N–H and O–H groups in total. The van der Waals surface area contributed by atoms with Gasteiger partial charge in [0.2, 0.25) is 0 Å². The van der Waals surface area contributed by atoms with Crippen LogP contribution in [0, 0.1) is 0 Å². The molecule has 3 aromatic rings. The lowest BCUT2D eigenvalue weighted by Gasteiger charge is -2.09. The maximum atomic E-state index is 12.5. The summed E-state index contributed by atoms with van der Waals surface area (Å²) in [6.45, 7) is 0. The number of hydrazone groups is 1. The smallest absolute Gasteiger partial charge is 0.275 e. The lowest BCUT2D eigenvalue weighted by molar-refractivity contribution is 0.0952. The molecule has 0 atom stereocenters. The van der Waals surface area contributed by atoms with Gasteiger partial charge in [-0.25, -0.2) is 5.43 Å². The molecule has 6 heteroatoms. The number of nitrogens with zero attached hydrogens (tertiary/aromatic N) is 1. The second kappa shape index (κ2) is 8.23. The van der Waals surface area contributed by atoms with Crippen LogP contribution in [0.15, 0.2) is 59.7 Å². The molecule has 0 aliphatic carbocycles. The highest BCUT2D eigenvalue weighted by Crippen LogP contribution is 2.27. The Morgan fingerprint density at radius 1 is 0.852 bits per heavy atom. The molecule has 0 aliphatic heterocycles. The molecule has 3 rings (SSSR count). The summed E-state index contributed by atoms with van der Waals surface area (Å²) in [6.07, 6.45) is 1.54. The van der Waals surface area contributed by atoms with E-state index in [0.717, 1.165) is 16.3 Å². The standard InChI is InChI=1S/C21H20N2O4/c1-25-18-9-8-14(10-20(18)27-3)13-22-23-21(24)17-11-15-6-4-5-7-16(15)12-19(17)26-2/h4-13H,1-3H3,(H,23,24). The van der Waals surface area contributed by atoms with Gasteiger partial charge < -0.3 is 14.2 Å². The molecule has 0 spiro atoms. The molecule has 0 saturated heterocycles. The predicted octanol–water partition coefficient (Wildman–Crippen LogP) is 3.63. The van der Waals surface area contributed by atoms with Gasteiger partial charge in [0.15, 0.2) is 11.5 Å². The zero-order chi connectivity index (χ0) is 19.2. The molecule has 6 nitrogen and oxygen atoms in total. The van der Waals surface area contributed by atoms with Crippen LogP contribution < -0.4 is 19.6 Å². The van der Waals surface area contributed by atoms with Crippen molar-refractivity contribution in [3.8, 4) is 17.2 Å². The maximum absolute atomic E-state index is 12.5. The monoisotopic (exact) mass is 364 g/mol. The molecule has 0 saturated carbocycles. The third-order valence-electron chi connectivity index (χ3n) is 4.10. The van der Waals surface area contributed by atoms with E-state index in [9.17, 15) is 4.79 Å². The summed E-state index contributed by atoms with van der Waals surface area (Å²) in [5.41, 5.74) is 3.71. The molecular weight excluding hydrogens is 344 g/mol. The van der Waals surface area contributed by atoms with Crippen molar-refractivity contribution in [3.63, 3.8) is 0 Å². The van der Waals surface area contributed by atoms with E-state index in [4.69, 9.17) is 14.2 Å². The number of carbonyl (C=O) groups is 1. The van der Waals surface area contributed by atoms with Crippen molar-refractivity contribution in [2.24, 2.45) is 5.10 Å². The van der Waals surface area contributed by atoms with Crippen LogP contribution in [-0.4, -0.2) is 33.5 Å². The van der Waals surface area contributed by atoms with Gasteiger partial charge in [0, 0.05) is 0 Å². The van der Waals surface area contributed by atoms with Crippen LogP contribution in [0.5, 0.6) is 17.2 Å². The molecule has 0 aromatic heterocycles. The van der Waals surface area contributed by atoms with Crippen LogP contribution in [-0.2, 0) is 0 Å². The number of hydrogen-bond donors (Lipinski definition) is 1. The minimum atomic E-state index is -0.352. The molecule has 0 unspecified atom stereocenters. The van der Waals surface area contributed by atoms with Crippen LogP contribution >= 0.6 is 0 Å². The first-order chi connectivity index (χ1) is 13.2. The molecule has 0 heterocycles. The quantitative estimate of drug-likeness (QED) is 0.536. The molecule has 3 aromatic carbocycles. The minimum Gasteiger partial charge on any atom is -0.496 e. The Morgan fingerprint density at radius 3 is 2.19 bits per heavy atom. The summed E-state index contributed by atoms with van der Waals surface area (Å²) in [5, 5.41) is 5.98. The normalized spacial score (nSPS) is 10.8. The van der Waals surface area contributed by atoms with Crippen LogP contribution in [0.25, 0.3) is 10.8 Å². The van der Waals surface area contributed by atoms with Crippen molar-refractivity contribution in [1.82, 2.24) is 5.43 Å². The average molecular weight is 364 g/mol. The maximum Gasteiger partial charge on any atom is 0.275 e. The van der Waals surface area contributed by atoms with E-state index in [0.29, 0.717) is 22.8 Å². The van der Waals surface area contributed by atoms with Crippen molar-refractivity contribution in [1.29, 1.82) is 0 Å². The summed E-state index contributed by atoms with van der Waals surface area (Å²) in [7, 11) is 4.67. The SMILES string of the molecule is COc1ccc(C=NNC(=O)c2cc3ccccc3cc2OC)cc1OC. The average Bonchev–Trinajstić information content (AvgIpc) is 2.72. The van der Waals surface area contributed by atoms with Gasteiger partial charge in [-0.2, -0.15) is 5.10 Å². The summed E-state index contributed by atoms with van der Waals surface area (Å²) < 4.78 is 15.8. The molecular formula is C21H20N2O4. The van der Waals surface area contributed by atoms with Gasteiger partial charge in [-0.1, -0.05) is 24.3 Å². The highest BCUT2D eigenvalue weighted by molar-refractivity contribution is 6.02. The van der Waals surface area contributed by atoms with Crippen LogP contribution in [0.4, 0.5) is 0 Å². The van der Waals surface area contributed by atoms with E-state index < -0.39 is 0 Å². The van der Waals surface area contributed by atoms with Gasteiger partial charge in [-0.15, -0.1) is 0 Å². The van der Waals surface area contributed by atoms with Crippen molar-refractivity contribution in [2.75, 3.05) is 21.3 Å². The summed E-state index contributed by atoms with van der Waals surface area (Å²) in [6, 6.07) is 16.7. The largest absolute Gasteiger partial charge is 0.496 e. The predicted molar refractivity (Wildman–Crippen MR) is 105 cm³/mol. The van der Waals surface area contributed by atoms with E-state index in [2.05, 4.69) is 10.5 Å². The van der Waals surface area contributed by atoms with Gasteiger partial charge in [-0.05, 0) is 46.7 Å². The molecule has 0 fully saturated rings. The number of rotatable bonds is 6. The number of nitrogens with one attached hydrogen (secondary N) is 1. The Bertz CT molecular complexity index is 999. The van der Waals surface area contributed by atoms with Crippen molar-refractivity contribution < 1.29 is 19.0 Å². The van der Waals surface area contributed by atoms with Crippen molar-refractivity contribution >= 4 is 22.9 Å².